The van der Waals surface area contributed by atoms with Crippen LogP contribution in [0.5, 0.6) is 0 Å². The molecule has 108 valence electrons. The Bertz CT molecular complexity index is 482. The van der Waals surface area contributed by atoms with E-state index in [2.05, 4.69) is 24.3 Å². The van der Waals surface area contributed by atoms with Gasteiger partial charge in [-0.25, -0.2) is 0 Å². The first-order valence-electron chi connectivity index (χ1n) is 7.33. The minimum atomic E-state index is -0.530. The molecule has 1 aromatic carbocycles. The van der Waals surface area contributed by atoms with E-state index in [0.29, 0.717) is 12.8 Å². The summed E-state index contributed by atoms with van der Waals surface area (Å²) in [6.07, 6.45) is 2.44. The molecule has 1 aromatic rings. The van der Waals surface area contributed by atoms with Crippen LogP contribution in [0.15, 0.2) is 24.3 Å². The number of hydrogen-bond acceptors (Lipinski definition) is 3. The van der Waals surface area contributed by atoms with Gasteiger partial charge in [0.15, 0.2) is 0 Å². The van der Waals surface area contributed by atoms with Crippen LogP contribution in [0, 0.1) is 5.92 Å². The van der Waals surface area contributed by atoms with Crippen LogP contribution < -0.4 is 5.73 Å². The van der Waals surface area contributed by atoms with Gasteiger partial charge in [0.05, 0.1) is 6.10 Å². The van der Waals surface area contributed by atoms with Crippen molar-refractivity contribution < 1.29 is 9.90 Å². The summed E-state index contributed by atoms with van der Waals surface area (Å²) in [5, 5.41) is 9.71. The normalized spacial score (nSPS) is 29.4. The number of carbonyl (C=O) groups excluding carboxylic acids is 1. The van der Waals surface area contributed by atoms with Crippen LogP contribution in [0.2, 0.25) is 0 Å². The molecule has 0 aromatic heterocycles. The van der Waals surface area contributed by atoms with E-state index in [1.807, 2.05) is 11.9 Å². The highest BCUT2D eigenvalue weighted by atomic mass is 16.3. The molecule has 1 amide bonds. The van der Waals surface area contributed by atoms with Crippen LogP contribution in [-0.4, -0.2) is 41.1 Å². The van der Waals surface area contributed by atoms with Crippen molar-refractivity contribution in [2.45, 2.75) is 43.9 Å². The van der Waals surface area contributed by atoms with Crippen molar-refractivity contribution in [1.82, 2.24) is 4.90 Å². The van der Waals surface area contributed by atoms with Gasteiger partial charge in [0.1, 0.15) is 0 Å². The number of hydrogen-bond donors (Lipinski definition) is 2. The predicted molar refractivity (Wildman–Crippen MR) is 77.1 cm³/mol. The zero-order valence-corrected chi connectivity index (χ0v) is 11.8. The second-order valence-corrected chi connectivity index (χ2v) is 6.18. The maximum atomic E-state index is 12.5. The fraction of sp³-hybridized carbons (Fsp3) is 0.562. The number of benzene rings is 1. The van der Waals surface area contributed by atoms with Gasteiger partial charge >= 0.3 is 0 Å². The third kappa shape index (κ3) is 2.34. The lowest BCUT2D eigenvalue weighted by molar-refractivity contribution is -0.136. The molecule has 0 spiro atoms. The molecule has 4 nitrogen and oxygen atoms in total. The SMILES string of the molecule is CN(C(=O)[C@H]1C[C@@H](N)[C@H](O)C1)C1Cc2ccccc2C1. The number of aliphatic hydroxyl groups is 1. The Kier molecular flexibility index (Phi) is 3.52. The van der Waals surface area contributed by atoms with Gasteiger partial charge in [-0.15, -0.1) is 0 Å². The van der Waals surface area contributed by atoms with Crippen molar-refractivity contribution in [3.05, 3.63) is 35.4 Å². The summed E-state index contributed by atoms with van der Waals surface area (Å²) in [5.74, 6) is 0.0171. The number of amides is 1. The molecular formula is C16H22N2O2. The highest BCUT2D eigenvalue weighted by Crippen LogP contribution is 2.30. The van der Waals surface area contributed by atoms with Gasteiger partial charge in [-0.3, -0.25) is 4.79 Å². The molecule has 1 fully saturated rings. The summed E-state index contributed by atoms with van der Waals surface area (Å²) in [6.45, 7) is 0. The monoisotopic (exact) mass is 274 g/mol. The summed E-state index contributed by atoms with van der Waals surface area (Å²) in [4.78, 5) is 14.4. The molecule has 3 rings (SSSR count). The second kappa shape index (κ2) is 5.19. The lowest BCUT2D eigenvalue weighted by Crippen LogP contribution is -2.41. The Labute approximate surface area is 119 Å². The van der Waals surface area contributed by atoms with E-state index in [9.17, 15) is 9.90 Å². The van der Waals surface area contributed by atoms with Crippen LogP contribution in [0.1, 0.15) is 24.0 Å². The smallest absolute Gasteiger partial charge is 0.225 e. The summed E-state index contributed by atoms with van der Waals surface area (Å²) in [5.41, 5.74) is 8.50. The lowest BCUT2D eigenvalue weighted by atomic mass is 10.0. The summed E-state index contributed by atoms with van der Waals surface area (Å²) in [6, 6.07) is 8.38. The summed E-state index contributed by atoms with van der Waals surface area (Å²) in [7, 11) is 1.88. The van der Waals surface area contributed by atoms with E-state index in [1.54, 1.807) is 0 Å². The topological polar surface area (TPSA) is 66.6 Å². The Morgan fingerprint density at radius 1 is 1.25 bits per heavy atom. The van der Waals surface area contributed by atoms with Gasteiger partial charge in [0, 0.05) is 25.0 Å². The Hall–Kier alpha value is -1.39. The van der Waals surface area contributed by atoms with Crippen LogP contribution >= 0.6 is 0 Å². The van der Waals surface area contributed by atoms with Gasteiger partial charge in [-0.1, -0.05) is 24.3 Å². The summed E-state index contributed by atoms with van der Waals surface area (Å²) >= 11 is 0. The number of nitrogens with zero attached hydrogens (tertiary/aromatic N) is 1. The standard InChI is InChI=1S/C16H22N2O2/c1-18(16(20)12-8-14(17)15(19)9-12)13-6-10-4-2-3-5-11(10)7-13/h2-5,12-15,19H,6-9,17H2,1H3/t12-,14+,15+/m0/s1. The first-order chi connectivity index (χ1) is 9.56. The van der Waals surface area contributed by atoms with Crippen molar-refractivity contribution in [2.75, 3.05) is 7.05 Å². The van der Waals surface area contributed by atoms with E-state index in [0.717, 1.165) is 12.8 Å². The molecule has 0 saturated heterocycles. The molecule has 1 saturated carbocycles. The quantitative estimate of drug-likeness (QED) is 0.834. The fourth-order valence-electron chi connectivity index (χ4n) is 3.53. The summed E-state index contributed by atoms with van der Waals surface area (Å²) < 4.78 is 0. The highest BCUT2D eigenvalue weighted by molar-refractivity contribution is 5.79. The van der Waals surface area contributed by atoms with Gasteiger partial charge in [-0.2, -0.15) is 0 Å². The van der Waals surface area contributed by atoms with E-state index in [-0.39, 0.29) is 23.9 Å². The molecular weight excluding hydrogens is 252 g/mol. The first-order valence-corrected chi connectivity index (χ1v) is 7.33. The average molecular weight is 274 g/mol. The average Bonchev–Trinajstić information content (AvgIpc) is 3.01. The highest BCUT2D eigenvalue weighted by Gasteiger charge is 2.38. The fourth-order valence-corrected chi connectivity index (χ4v) is 3.53. The Morgan fingerprint density at radius 3 is 2.35 bits per heavy atom. The number of carbonyl (C=O) groups is 1. The van der Waals surface area contributed by atoms with E-state index in [4.69, 9.17) is 5.73 Å². The van der Waals surface area contributed by atoms with Gasteiger partial charge in [0.25, 0.3) is 0 Å². The number of likely N-dealkylation sites (N-methyl/N-ethyl adjacent to an activating group) is 1. The van der Waals surface area contributed by atoms with Crippen LogP contribution in [-0.2, 0) is 17.6 Å². The predicted octanol–water partition coefficient (Wildman–Crippen LogP) is 0.710. The van der Waals surface area contributed by atoms with Crippen LogP contribution in [0.3, 0.4) is 0 Å². The molecule has 0 heterocycles. The van der Waals surface area contributed by atoms with Gasteiger partial charge in [0.2, 0.25) is 5.91 Å². The number of aliphatic hydroxyl groups excluding tert-OH is 1. The molecule has 3 atom stereocenters. The van der Waals surface area contributed by atoms with Gasteiger partial charge < -0.3 is 15.7 Å². The molecule has 0 bridgehead atoms. The Balaban J connectivity index is 1.66. The van der Waals surface area contributed by atoms with Crippen LogP contribution in [0.25, 0.3) is 0 Å². The maximum Gasteiger partial charge on any atom is 0.225 e. The van der Waals surface area contributed by atoms with E-state index >= 15 is 0 Å². The van der Waals surface area contributed by atoms with Crippen molar-refractivity contribution in [3.63, 3.8) is 0 Å². The van der Waals surface area contributed by atoms with Crippen molar-refractivity contribution in [3.8, 4) is 0 Å². The Morgan fingerprint density at radius 2 is 1.85 bits per heavy atom. The third-order valence-corrected chi connectivity index (χ3v) is 4.85. The minimum Gasteiger partial charge on any atom is -0.391 e. The molecule has 2 aliphatic carbocycles. The maximum absolute atomic E-state index is 12.5. The molecule has 0 radical (unpaired) electrons. The zero-order chi connectivity index (χ0) is 14.3. The molecule has 0 unspecified atom stereocenters. The molecule has 20 heavy (non-hydrogen) atoms. The molecule has 0 aliphatic heterocycles. The second-order valence-electron chi connectivity index (χ2n) is 6.18. The number of nitrogens with two attached hydrogens (primary N) is 1. The zero-order valence-electron chi connectivity index (χ0n) is 11.8. The lowest BCUT2D eigenvalue weighted by Gasteiger charge is -2.27. The number of rotatable bonds is 2. The van der Waals surface area contributed by atoms with Crippen molar-refractivity contribution >= 4 is 5.91 Å². The van der Waals surface area contributed by atoms with E-state index < -0.39 is 6.10 Å². The van der Waals surface area contributed by atoms with Crippen molar-refractivity contribution in [2.24, 2.45) is 11.7 Å². The minimum absolute atomic E-state index is 0.117. The van der Waals surface area contributed by atoms with Crippen LogP contribution in [0.4, 0.5) is 0 Å². The molecule has 2 aliphatic rings. The number of fused-ring (bicyclic) bond motifs is 1. The van der Waals surface area contributed by atoms with Crippen molar-refractivity contribution in [1.29, 1.82) is 0 Å². The first kappa shape index (κ1) is 13.6. The van der Waals surface area contributed by atoms with E-state index in [1.165, 1.54) is 11.1 Å². The van der Waals surface area contributed by atoms with Gasteiger partial charge in [-0.05, 0) is 36.8 Å². The molecule has 4 heteroatoms. The third-order valence-electron chi connectivity index (χ3n) is 4.85. The largest absolute Gasteiger partial charge is 0.391 e. The molecule has 3 N–H and O–H groups in total.